The molecule has 3 heteroatoms. The Morgan fingerprint density at radius 2 is 2.00 bits per heavy atom. The zero-order valence-electron chi connectivity index (χ0n) is 9.85. The number of nitrogens with one attached hydrogen (secondary N) is 2. The molecule has 0 aromatic heterocycles. The van der Waals surface area contributed by atoms with Crippen molar-refractivity contribution >= 4 is 5.91 Å². The van der Waals surface area contributed by atoms with Crippen molar-refractivity contribution < 1.29 is 4.79 Å². The van der Waals surface area contributed by atoms with Crippen molar-refractivity contribution in [2.45, 2.75) is 57.9 Å². The molecule has 1 fully saturated rings. The summed E-state index contributed by atoms with van der Waals surface area (Å²) in [5.74, 6) is 0.181. The Hall–Kier alpha value is -0.570. The topological polar surface area (TPSA) is 41.1 Å². The number of rotatable bonds is 8. The molecule has 1 heterocycles. The van der Waals surface area contributed by atoms with Crippen molar-refractivity contribution in [2.24, 2.45) is 0 Å². The van der Waals surface area contributed by atoms with Gasteiger partial charge in [-0.05, 0) is 19.4 Å². The first-order valence-corrected chi connectivity index (χ1v) is 6.35. The Balaban J connectivity index is 1.86. The highest BCUT2D eigenvalue weighted by molar-refractivity contribution is 5.83. The second kappa shape index (κ2) is 7.69. The van der Waals surface area contributed by atoms with Crippen LogP contribution in [0.25, 0.3) is 0 Å². The van der Waals surface area contributed by atoms with E-state index in [1.54, 1.807) is 0 Å². The van der Waals surface area contributed by atoms with Gasteiger partial charge in [0, 0.05) is 6.54 Å². The summed E-state index contributed by atoms with van der Waals surface area (Å²) in [7, 11) is 0. The summed E-state index contributed by atoms with van der Waals surface area (Å²) in [5.41, 5.74) is 0. The molecule has 2 N–H and O–H groups in total. The lowest BCUT2D eigenvalue weighted by atomic mass is 10.1. The van der Waals surface area contributed by atoms with Crippen LogP contribution in [0, 0.1) is 0 Å². The molecule has 1 atom stereocenters. The van der Waals surface area contributed by atoms with Crippen LogP contribution in [0.2, 0.25) is 0 Å². The van der Waals surface area contributed by atoms with Gasteiger partial charge in [0.1, 0.15) is 0 Å². The van der Waals surface area contributed by atoms with Crippen molar-refractivity contribution in [2.75, 3.05) is 13.1 Å². The van der Waals surface area contributed by atoms with Crippen LogP contribution in [0.15, 0.2) is 0 Å². The van der Waals surface area contributed by atoms with Crippen LogP contribution in [0.3, 0.4) is 0 Å². The number of carbonyl (C=O) groups is 1. The number of carbonyl (C=O) groups excluding carboxylic acids is 1. The summed E-state index contributed by atoms with van der Waals surface area (Å²) in [6.45, 7) is 4.07. The molecule has 88 valence electrons. The fraction of sp³-hybridized carbons (Fsp3) is 0.917. The molecular weight excluding hydrogens is 188 g/mol. The lowest BCUT2D eigenvalue weighted by Gasteiger charge is -2.09. The Morgan fingerprint density at radius 1 is 1.27 bits per heavy atom. The zero-order valence-corrected chi connectivity index (χ0v) is 9.85. The molecule has 0 bridgehead atoms. The number of unbranched alkanes of at least 4 members (excludes halogenated alkanes) is 5. The quantitative estimate of drug-likeness (QED) is 0.603. The van der Waals surface area contributed by atoms with E-state index in [9.17, 15) is 4.79 Å². The van der Waals surface area contributed by atoms with E-state index in [-0.39, 0.29) is 11.9 Å². The van der Waals surface area contributed by atoms with Crippen molar-refractivity contribution in [1.82, 2.24) is 10.6 Å². The van der Waals surface area contributed by atoms with Crippen LogP contribution < -0.4 is 10.6 Å². The van der Waals surface area contributed by atoms with E-state index in [0.29, 0.717) is 0 Å². The minimum atomic E-state index is 0.0839. The average Bonchev–Trinajstić information content (AvgIpc) is 2.63. The first-order valence-electron chi connectivity index (χ1n) is 6.35. The second-order valence-corrected chi connectivity index (χ2v) is 4.35. The maximum Gasteiger partial charge on any atom is 0.237 e. The van der Waals surface area contributed by atoms with Crippen molar-refractivity contribution in [3.05, 3.63) is 0 Å². The predicted octanol–water partition coefficient (Wildman–Crippen LogP) is 1.82. The van der Waals surface area contributed by atoms with Crippen LogP contribution in [-0.2, 0) is 4.79 Å². The van der Waals surface area contributed by atoms with Gasteiger partial charge in [0.25, 0.3) is 0 Å². The molecule has 0 saturated carbocycles. The fourth-order valence-corrected chi connectivity index (χ4v) is 1.97. The molecule has 0 aromatic carbocycles. The van der Waals surface area contributed by atoms with Crippen LogP contribution in [-0.4, -0.2) is 25.0 Å². The first-order chi connectivity index (χ1) is 7.34. The third kappa shape index (κ3) is 5.17. The minimum absolute atomic E-state index is 0.0839. The monoisotopic (exact) mass is 212 g/mol. The summed E-state index contributed by atoms with van der Waals surface area (Å²) in [5, 5.41) is 6.15. The van der Waals surface area contributed by atoms with E-state index >= 15 is 0 Å². The molecule has 1 aliphatic rings. The summed E-state index contributed by atoms with van der Waals surface area (Å²) >= 11 is 0. The van der Waals surface area contributed by atoms with Crippen LogP contribution in [0.5, 0.6) is 0 Å². The van der Waals surface area contributed by atoms with E-state index in [2.05, 4.69) is 17.6 Å². The van der Waals surface area contributed by atoms with E-state index in [4.69, 9.17) is 0 Å². The van der Waals surface area contributed by atoms with Crippen LogP contribution >= 0.6 is 0 Å². The molecule has 3 nitrogen and oxygen atoms in total. The van der Waals surface area contributed by atoms with Gasteiger partial charge < -0.3 is 10.6 Å². The van der Waals surface area contributed by atoms with Crippen molar-refractivity contribution in [3.8, 4) is 0 Å². The van der Waals surface area contributed by atoms with Gasteiger partial charge in [-0.15, -0.1) is 0 Å². The highest BCUT2D eigenvalue weighted by Gasteiger charge is 2.22. The highest BCUT2D eigenvalue weighted by atomic mass is 16.2. The molecule has 0 spiro atoms. The predicted molar refractivity (Wildman–Crippen MR) is 62.8 cm³/mol. The first kappa shape index (κ1) is 12.5. The van der Waals surface area contributed by atoms with Gasteiger partial charge in [-0.3, -0.25) is 4.79 Å². The van der Waals surface area contributed by atoms with E-state index in [1.807, 2.05) is 0 Å². The molecule has 0 aliphatic carbocycles. The molecule has 1 rings (SSSR count). The average molecular weight is 212 g/mol. The lowest BCUT2D eigenvalue weighted by Crippen LogP contribution is -2.36. The summed E-state index contributed by atoms with van der Waals surface area (Å²) in [4.78, 5) is 11.2. The van der Waals surface area contributed by atoms with Gasteiger partial charge >= 0.3 is 0 Å². The zero-order chi connectivity index (χ0) is 10.9. The smallest absolute Gasteiger partial charge is 0.237 e. The maximum absolute atomic E-state index is 11.2. The van der Waals surface area contributed by atoms with Crippen LogP contribution in [0.4, 0.5) is 0 Å². The molecule has 1 amide bonds. The Kier molecular flexibility index (Phi) is 6.41. The largest absolute Gasteiger partial charge is 0.355 e. The molecule has 1 aliphatic heterocycles. The Labute approximate surface area is 93.0 Å². The molecule has 0 aromatic rings. The standard InChI is InChI=1S/C12H24N2O/c1-2-3-4-5-6-7-9-13-11-8-10-14-12(11)15/h11,13H,2-10H2,1H3,(H,14,15). The summed E-state index contributed by atoms with van der Waals surface area (Å²) < 4.78 is 0. The van der Waals surface area contributed by atoms with Crippen molar-refractivity contribution in [3.63, 3.8) is 0 Å². The number of amides is 1. The van der Waals surface area contributed by atoms with Gasteiger partial charge in [-0.2, -0.15) is 0 Å². The molecule has 1 saturated heterocycles. The number of hydrogen-bond donors (Lipinski definition) is 2. The highest BCUT2D eigenvalue weighted by Crippen LogP contribution is 2.05. The maximum atomic E-state index is 11.2. The Morgan fingerprint density at radius 3 is 2.67 bits per heavy atom. The molecule has 0 radical (unpaired) electrons. The van der Waals surface area contributed by atoms with E-state index < -0.39 is 0 Å². The molecular formula is C12H24N2O. The third-order valence-electron chi connectivity index (χ3n) is 2.97. The molecule has 1 unspecified atom stereocenters. The van der Waals surface area contributed by atoms with Gasteiger partial charge in [-0.25, -0.2) is 0 Å². The van der Waals surface area contributed by atoms with Gasteiger partial charge in [0.05, 0.1) is 6.04 Å². The third-order valence-corrected chi connectivity index (χ3v) is 2.97. The van der Waals surface area contributed by atoms with E-state index in [0.717, 1.165) is 19.5 Å². The van der Waals surface area contributed by atoms with Gasteiger partial charge in [-0.1, -0.05) is 39.0 Å². The lowest BCUT2D eigenvalue weighted by molar-refractivity contribution is -0.120. The van der Waals surface area contributed by atoms with Crippen molar-refractivity contribution in [1.29, 1.82) is 0 Å². The second-order valence-electron chi connectivity index (χ2n) is 4.35. The molecule has 15 heavy (non-hydrogen) atoms. The van der Waals surface area contributed by atoms with E-state index in [1.165, 1.54) is 38.5 Å². The van der Waals surface area contributed by atoms with Gasteiger partial charge in [0.15, 0.2) is 0 Å². The fourth-order valence-electron chi connectivity index (χ4n) is 1.97. The SMILES string of the molecule is CCCCCCCCNC1CCNC1=O. The number of hydrogen-bond acceptors (Lipinski definition) is 2. The summed E-state index contributed by atoms with van der Waals surface area (Å²) in [6, 6.07) is 0.0839. The Bertz CT molecular complexity index is 182. The normalized spacial score (nSPS) is 20.6. The minimum Gasteiger partial charge on any atom is -0.355 e. The summed E-state index contributed by atoms with van der Waals surface area (Å²) in [6.07, 6.45) is 8.81. The van der Waals surface area contributed by atoms with Crippen LogP contribution in [0.1, 0.15) is 51.9 Å². The van der Waals surface area contributed by atoms with Gasteiger partial charge in [0.2, 0.25) is 5.91 Å².